The van der Waals surface area contributed by atoms with E-state index < -0.39 is 0 Å². The Hall–Kier alpha value is -2.71. The van der Waals surface area contributed by atoms with Crippen LogP contribution in [0, 0.1) is 0 Å². The van der Waals surface area contributed by atoms with Crippen molar-refractivity contribution in [3.8, 4) is 0 Å². The van der Waals surface area contributed by atoms with Crippen molar-refractivity contribution in [3.63, 3.8) is 0 Å². The number of ether oxygens (including phenoxy) is 1. The summed E-state index contributed by atoms with van der Waals surface area (Å²) in [5.74, 6) is 2.68. The van der Waals surface area contributed by atoms with E-state index in [1.165, 1.54) is 0 Å². The summed E-state index contributed by atoms with van der Waals surface area (Å²) in [5, 5.41) is 0.680. The number of morpholine rings is 1. The quantitative estimate of drug-likeness (QED) is 0.614. The lowest BCUT2D eigenvalue weighted by Gasteiger charge is -2.38. The number of rotatable bonds is 4. The Labute approximate surface area is 186 Å². The Bertz CT molecular complexity index is 1050. The monoisotopic (exact) mass is 439 g/mol. The molecule has 4 heterocycles. The van der Waals surface area contributed by atoms with Crippen molar-refractivity contribution in [3.05, 3.63) is 41.7 Å². The zero-order valence-electron chi connectivity index (χ0n) is 17.6. The zero-order chi connectivity index (χ0) is 21.2. The van der Waals surface area contributed by atoms with Gasteiger partial charge in [0, 0.05) is 50.5 Å². The van der Waals surface area contributed by atoms with Crippen molar-refractivity contribution < 1.29 is 4.74 Å². The molecule has 8 nitrogen and oxygen atoms in total. The third-order valence-electron chi connectivity index (χ3n) is 6.11. The average molecular weight is 440 g/mol. The van der Waals surface area contributed by atoms with Gasteiger partial charge in [-0.05, 0) is 37.1 Å². The minimum absolute atomic E-state index is 0.427. The van der Waals surface area contributed by atoms with Gasteiger partial charge in [-0.1, -0.05) is 11.6 Å². The SMILES string of the molecule is CN(c1ccnc(N2CCOCC2)n1)C1CCN(c2cnc3cc(Cl)ccc3n2)CC1. The molecular formula is C22H26ClN7O. The van der Waals surface area contributed by atoms with Crippen molar-refractivity contribution in [1.29, 1.82) is 0 Å². The molecule has 0 saturated carbocycles. The minimum Gasteiger partial charge on any atom is -0.378 e. The maximum absolute atomic E-state index is 6.06. The fourth-order valence-corrected chi connectivity index (χ4v) is 4.41. The van der Waals surface area contributed by atoms with E-state index in [1.807, 2.05) is 36.7 Å². The van der Waals surface area contributed by atoms with Gasteiger partial charge in [-0.25, -0.2) is 9.97 Å². The van der Waals surface area contributed by atoms with Gasteiger partial charge in [-0.3, -0.25) is 4.98 Å². The van der Waals surface area contributed by atoms with E-state index in [0.717, 1.165) is 80.9 Å². The molecule has 0 unspecified atom stereocenters. The number of aromatic nitrogens is 4. The first kappa shape index (κ1) is 20.2. The third kappa shape index (κ3) is 4.36. The minimum atomic E-state index is 0.427. The predicted octanol–water partition coefficient (Wildman–Crippen LogP) is 3.02. The topological polar surface area (TPSA) is 70.5 Å². The number of fused-ring (bicyclic) bond motifs is 1. The van der Waals surface area contributed by atoms with Gasteiger partial charge in [0.15, 0.2) is 0 Å². The van der Waals surface area contributed by atoms with Crippen molar-refractivity contribution >= 4 is 40.2 Å². The molecule has 0 bridgehead atoms. The number of piperidine rings is 1. The molecule has 2 fully saturated rings. The van der Waals surface area contributed by atoms with E-state index in [4.69, 9.17) is 26.3 Å². The smallest absolute Gasteiger partial charge is 0.227 e. The van der Waals surface area contributed by atoms with Crippen LogP contribution >= 0.6 is 11.6 Å². The van der Waals surface area contributed by atoms with Crippen LogP contribution in [-0.4, -0.2) is 72.4 Å². The van der Waals surface area contributed by atoms with Crippen LogP contribution in [0.4, 0.5) is 17.6 Å². The largest absolute Gasteiger partial charge is 0.378 e. The molecule has 1 aromatic carbocycles. The molecule has 0 atom stereocenters. The summed E-state index contributed by atoms with van der Waals surface area (Å²) >= 11 is 6.06. The Balaban J connectivity index is 1.24. The Morgan fingerprint density at radius 1 is 0.968 bits per heavy atom. The summed E-state index contributed by atoms with van der Waals surface area (Å²) in [6.07, 6.45) is 5.78. The van der Waals surface area contributed by atoms with Crippen LogP contribution in [0.3, 0.4) is 0 Å². The lowest BCUT2D eigenvalue weighted by molar-refractivity contribution is 0.122. The average Bonchev–Trinajstić information content (AvgIpc) is 2.84. The van der Waals surface area contributed by atoms with Crippen LogP contribution in [0.1, 0.15) is 12.8 Å². The van der Waals surface area contributed by atoms with Gasteiger partial charge in [0.2, 0.25) is 5.95 Å². The van der Waals surface area contributed by atoms with Gasteiger partial charge in [-0.2, -0.15) is 4.98 Å². The summed E-state index contributed by atoms with van der Waals surface area (Å²) in [6.45, 7) is 5.00. The van der Waals surface area contributed by atoms with Gasteiger partial charge in [-0.15, -0.1) is 0 Å². The molecule has 2 aromatic heterocycles. The highest BCUT2D eigenvalue weighted by Crippen LogP contribution is 2.25. The first-order valence-electron chi connectivity index (χ1n) is 10.7. The highest BCUT2D eigenvalue weighted by molar-refractivity contribution is 6.31. The zero-order valence-corrected chi connectivity index (χ0v) is 18.4. The van der Waals surface area contributed by atoms with Gasteiger partial charge < -0.3 is 19.4 Å². The predicted molar refractivity (Wildman–Crippen MR) is 123 cm³/mol. The van der Waals surface area contributed by atoms with E-state index in [0.29, 0.717) is 11.1 Å². The third-order valence-corrected chi connectivity index (χ3v) is 6.35. The van der Waals surface area contributed by atoms with Crippen molar-refractivity contribution in [2.45, 2.75) is 18.9 Å². The Morgan fingerprint density at radius 3 is 2.58 bits per heavy atom. The van der Waals surface area contributed by atoms with Gasteiger partial charge in [0.05, 0.1) is 30.4 Å². The van der Waals surface area contributed by atoms with Crippen LogP contribution in [0.5, 0.6) is 0 Å². The molecule has 9 heteroatoms. The second kappa shape index (κ2) is 8.80. The van der Waals surface area contributed by atoms with Gasteiger partial charge >= 0.3 is 0 Å². The summed E-state index contributed by atoms with van der Waals surface area (Å²) < 4.78 is 5.44. The van der Waals surface area contributed by atoms with Crippen molar-refractivity contribution in [2.24, 2.45) is 0 Å². The standard InChI is InChI=1S/C22H26ClN7O/c1-28(20-4-7-24-22(27-20)30-10-12-31-13-11-30)17-5-8-29(9-6-17)21-15-25-19-14-16(23)2-3-18(19)26-21/h2-4,7,14-15,17H,5-6,8-13H2,1H3. The Morgan fingerprint density at radius 2 is 1.77 bits per heavy atom. The van der Waals surface area contributed by atoms with Crippen LogP contribution in [0.2, 0.25) is 5.02 Å². The molecule has 0 amide bonds. The molecule has 3 aromatic rings. The molecule has 2 saturated heterocycles. The number of benzene rings is 1. The Kier molecular flexibility index (Phi) is 5.74. The molecule has 0 radical (unpaired) electrons. The normalized spacial score (nSPS) is 17.9. The molecule has 31 heavy (non-hydrogen) atoms. The van der Waals surface area contributed by atoms with Gasteiger partial charge in [0.1, 0.15) is 11.6 Å². The van der Waals surface area contributed by atoms with E-state index in [9.17, 15) is 0 Å². The van der Waals surface area contributed by atoms with Crippen LogP contribution in [0.15, 0.2) is 36.7 Å². The maximum Gasteiger partial charge on any atom is 0.227 e. The lowest BCUT2D eigenvalue weighted by Crippen LogP contribution is -2.44. The van der Waals surface area contributed by atoms with E-state index in [1.54, 1.807) is 0 Å². The van der Waals surface area contributed by atoms with Crippen LogP contribution in [0.25, 0.3) is 11.0 Å². The fourth-order valence-electron chi connectivity index (χ4n) is 4.25. The first-order chi connectivity index (χ1) is 15.2. The second-order valence-electron chi connectivity index (χ2n) is 8.00. The highest BCUT2D eigenvalue weighted by atomic mass is 35.5. The highest BCUT2D eigenvalue weighted by Gasteiger charge is 2.25. The van der Waals surface area contributed by atoms with E-state index >= 15 is 0 Å². The summed E-state index contributed by atoms with van der Waals surface area (Å²) in [5.41, 5.74) is 1.70. The number of anilines is 3. The van der Waals surface area contributed by atoms with Crippen LogP contribution in [-0.2, 0) is 4.74 Å². The number of nitrogens with zero attached hydrogens (tertiary/aromatic N) is 7. The number of halogens is 1. The summed E-state index contributed by atoms with van der Waals surface area (Å²) in [6, 6.07) is 8.06. The van der Waals surface area contributed by atoms with Crippen molar-refractivity contribution in [1.82, 2.24) is 19.9 Å². The fraction of sp³-hybridized carbons (Fsp3) is 0.455. The molecular weight excluding hydrogens is 414 g/mol. The molecule has 162 valence electrons. The van der Waals surface area contributed by atoms with Gasteiger partial charge in [0.25, 0.3) is 0 Å². The molecule has 2 aliphatic rings. The van der Waals surface area contributed by atoms with Crippen molar-refractivity contribution in [2.75, 3.05) is 61.1 Å². The van der Waals surface area contributed by atoms with E-state index in [2.05, 4.69) is 31.7 Å². The molecule has 2 aliphatic heterocycles. The number of hydrogen-bond acceptors (Lipinski definition) is 8. The maximum atomic E-state index is 6.06. The number of hydrogen-bond donors (Lipinski definition) is 0. The molecule has 0 spiro atoms. The lowest BCUT2D eigenvalue weighted by atomic mass is 10.0. The summed E-state index contributed by atoms with van der Waals surface area (Å²) in [4.78, 5) is 25.4. The second-order valence-corrected chi connectivity index (χ2v) is 8.44. The van der Waals surface area contributed by atoms with E-state index in [-0.39, 0.29) is 0 Å². The van der Waals surface area contributed by atoms with Crippen LogP contribution < -0.4 is 14.7 Å². The summed E-state index contributed by atoms with van der Waals surface area (Å²) in [7, 11) is 2.13. The first-order valence-corrected chi connectivity index (χ1v) is 11.1. The molecule has 0 aliphatic carbocycles. The molecule has 0 N–H and O–H groups in total. The molecule has 5 rings (SSSR count).